The Morgan fingerprint density at radius 2 is 2.05 bits per heavy atom. The lowest BCUT2D eigenvalue weighted by molar-refractivity contribution is 0.0696. The Morgan fingerprint density at radius 1 is 1.36 bits per heavy atom. The highest BCUT2D eigenvalue weighted by Gasteiger charge is 2.17. The van der Waals surface area contributed by atoms with Crippen LogP contribution in [0.2, 0.25) is 25.7 Å². The lowest BCUT2D eigenvalue weighted by Gasteiger charge is -2.16. The van der Waals surface area contributed by atoms with Gasteiger partial charge in [-0.3, -0.25) is 0 Å². The molecule has 0 aliphatic heterocycles. The molecule has 0 fully saturated rings. The van der Waals surface area contributed by atoms with E-state index >= 15 is 0 Å². The zero-order valence-electron chi connectivity index (χ0n) is 14.1. The fourth-order valence-corrected chi connectivity index (χ4v) is 3.42. The molecule has 0 aliphatic rings. The first-order chi connectivity index (χ1) is 10.2. The van der Waals surface area contributed by atoms with Gasteiger partial charge in [0.25, 0.3) is 0 Å². The quantitative estimate of drug-likeness (QED) is 0.656. The van der Waals surface area contributed by atoms with Crippen LogP contribution < -0.4 is 5.46 Å². The molecular formula is C16H24BNO3Si. The van der Waals surface area contributed by atoms with Crippen LogP contribution in [0.4, 0.5) is 0 Å². The molecule has 2 aromatic rings. The Kier molecular flexibility index (Phi) is 4.82. The lowest BCUT2D eigenvalue weighted by atomic mass is 9.89. The molecule has 118 valence electrons. The van der Waals surface area contributed by atoms with Crippen LogP contribution in [0.25, 0.3) is 10.9 Å². The van der Waals surface area contributed by atoms with Gasteiger partial charge in [0, 0.05) is 20.9 Å². The van der Waals surface area contributed by atoms with Crippen molar-refractivity contribution in [2.24, 2.45) is 0 Å². The minimum Gasteiger partial charge on any atom is -0.478 e. The minimum absolute atomic E-state index is 0.336. The fourth-order valence-electron chi connectivity index (χ4n) is 2.67. The number of aryl methyl sites for hydroxylation is 1. The van der Waals surface area contributed by atoms with E-state index in [1.807, 2.05) is 31.6 Å². The summed E-state index contributed by atoms with van der Waals surface area (Å²) in [6.45, 7) is 10.1. The number of hydrogen-bond acceptors (Lipinski definition) is 2. The third-order valence-corrected chi connectivity index (χ3v) is 5.58. The second-order valence-electron chi connectivity index (χ2n) is 7.09. The van der Waals surface area contributed by atoms with Crippen LogP contribution in [0.1, 0.15) is 15.9 Å². The largest absolute Gasteiger partial charge is 0.478 e. The molecule has 2 rings (SSSR count). The zero-order valence-corrected chi connectivity index (χ0v) is 15.1. The van der Waals surface area contributed by atoms with Crippen molar-refractivity contribution in [1.29, 1.82) is 0 Å². The van der Waals surface area contributed by atoms with Crippen LogP contribution in [0, 0.1) is 6.92 Å². The normalized spacial score (nSPS) is 12.0. The van der Waals surface area contributed by atoms with E-state index in [0.29, 0.717) is 12.3 Å². The van der Waals surface area contributed by atoms with Crippen molar-refractivity contribution >= 4 is 38.3 Å². The summed E-state index contributed by atoms with van der Waals surface area (Å²) < 4.78 is 7.72. The molecule has 1 aromatic carbocycles. The van der Waals surface area contributed by atoms with Crippen molar-refractivity contribution in [1.82, 2.24) is 4.57 Å². The first-order valence-corrected chi connectivity index (χ1v) is 11.3. The topological polar surface area (TPSA) is 51.5 Å². The van der Waals surface area contributed by atoms with E-state index in [1.54, 1.807) is 6.07 Å². The van der Waals surface area contributed by atoms with Crippen LogP contribution in [0.15, 0.2) is 18.3 Å². The Bertz CT molecular complexity index is 703. The summed E-state index contributed by atoms with van der Waals surface area (Å²) in [7, 11) is 0.901. The van der Waals surface area contributed by atoms with Crippen LogP contribution >= 0.6 is 0 Å². The maximum atomic E-state index is 11.5. The molecule has 0 atom stereocenters. The predicted molar refractivity (Wildman–Crippen MR) is 95.9 cm³/mol. The van der Waals surface area contributed by atoms with Gasteiger partial charge >= 0.3 is 5.97 Å². The molecule has 0 spiro atoms. The fraction of sp³-hybridized carbons (Fsp3) is 0.438. The summed E-state index contributed by atoms with van der Waals surface area (Å²) in [5, 5.41) is 10.5. The summed E-state index contributed by atoms with van der Waals surface area (Å²) >= 11 is 0. The average Bonchev–Trinajstić information content (AvgIpc) is 2.72. The first kappa shape index (κ1) is 16.8. The number of carbonyl (C=O) groups is 1. The van der Waals surface area contributed by atoms with E-state index in [9.17, 15) is 9.90 Å². The third kappa shape index (κ3) is 3.62. The molecule has 1 heterocycles. The highest BCUT2D eigenvalue weighted by molar-refractivity contribution is 6.76. The van der Waals surface area contributed by atoms with E-state index < -0.39 is 14.0 Å². The number of ether oxygens (including phenoxy) is 1. The molecule has 0 saturated carbocycles. The number of carboxylic acid groups (broad SMARTS) is 1. The van der Waals surface area contributed by atoms with Crippen molar-refractivity contribution in [2.75, 3.05) is 6.61 Å². The van der Waals surface area contributed by atoms with Gasteiger partial charge in [0.05, 0.1) is 11.1 Å². The van der Waals surface area contributed by atoms with Gasteiger partial charge in [0.1, 0.15) is 14.6 Å². The second kappa shape index (κ2) is 6.30. The minimum atomic E-state index is -1.11. The predicted octanol–water partition coefficient (Wildman–Crippen LogP) is 2.22. The van der Waals surface area contributed by atoms with Crippen LogP contribution in [0.3, 0.4) is 0 Å². The molecule has 1 aromatic heterocycles. The van der Waals surface area contributed by atoms with Gasteiger partial charge in [-0.15, -0.1) is 0 Å². The molecule has 0 amide bonds. The summed E-state index contributed by atoms with van der Waals surface area (Å²) in [5.74, 6) is -0.897. The van der Waals surface area contributed by atoms with Crippen LogP contribution in [-0.4, -0.2) is 38.2 Å². The van der Waals surface area contributed by atoms with Gasteiger partial charge in [-0.1, -0.05) is 31.2 Å². The molecule has 1 N–H and O–H groups in total. The third-order valence-electron chi connectivity index (χ3n) is 3.87. The molecule has 0 bridgehead atoms. The SMILES string of the molecule is Bc1ccc(C(=O)O)c2c1c(C)cn2COCC[Si](C)(C)C. The number of carboxylic acids is 1. The smallest absolute Gasteiger partial charge is 0.337 e. The van der Waals surface area contributed by atoms with Crippen LogP contribution in [-0.2, 0) is 11.5 Å². The maximum Gasteiger partial charge on any atom is 0.337 e. The van der Waals surface area contributed by atoms with Gasteiger partial charge in [0.2, 0.25) is 0 Å². The molecule has 0 saturated heterocycles. The number of fused-ring (bicyclic) bond motifs is 1. The zero-order chi connectivity index (χ0) is 16.5. The summed E-state index contributed by atoms with van der Waals surface area (Å²) in [6, 6.07) is 4.66. The van der Waals surface area contributed by atoms with E-state index in [4.69, 9.17) is 4.74 Å². The molecule has 0 radical (unpaired) electrons. The van der Waals surface area contributed by atoms with Crippen molar-refractivity contribution in [3.8, 4) is 0 Å². The number of aromatic nitrogens is 1. The summed E-state index contributed by atoms with van der Waals surface area (Å²) in [5.41, 5.74) is 3.28. The van der Waals surface area contributed by atoms with Crippen molar-refractivity contribution in [3.63, 3.8) is 0 Å². The Hall–Kier alpha value is -1.53. The number of aromatic carboxylic acids is 1. The van der Waals surface area contributed by atoms with Crippen molar-refractivity contribution in [3.05, 3.63) is 29.5 Å². The molecule has 22 heavy (non-hydrogen) atoms. The molecule has 0 unspecified atom stereocenters. The lowest BCUT2D eigenvalue weighted by Crippen LogP contribution is -2.22. The molecule has 0 aliphatic carbocycles. The summed E-state index contributed by atoms with van der Waals surface area (Å²) in [6.07, 6.45) is 1.98. The highest BCUT2D eigenvalue weighted by atomic mass is 28.3. The first-order valence-electron chi connectivity index (χ1n) is 7.61. The second-order valence-corrected chi connectivity index (χ2v) is 12.7. The molecular weight excluding hydrogens is 293 g/mol. The number of rotatable bonds is 6. The van der Waals surface area contributed by atoms with Gasteiger partial charge in [0.15, 0.2) is 0 Å². The van der Waals surface area contributed by atoms with Gasteiger partial charge in [-0.2, -0.15) is 0 Å². The Morgan fingerprint density at radius 3 is 2.64 bits per heavy atom. The number of benzene rings is 1. The summed E-state index contributed by atoms with van der Waals surface area (Å²) in [4.78, 5) is 11.5. The maximum absolute atomic E-state index is 11.5. The van der Waals surface area contributed by atoms with E-state index in [1.165, 1.54) is 0 Å². The van der Waals surface area contributed by atoms with E-state index in [2.05, 4.69) is 19.6 Å². The molecule has 4 nitrogen and oxygen atoms in total. The standard InChI is InChI=1S/C16H24BNO3Si/c1-11-9-18(10-21-7-8-22(2,3)4)15-12(16(19)20)5-6-13(17)14(11)15/h5-6,9H,7-8,10,17H2,1-4H3,(H,19,20). The Balaban J connectivity index is 2.30. The molecule has 6 heteroatoms. The van der Waals surface area contributed by atoms with Crippen molar-refractivity contribution < 1.29 is 14.6 Å². The van der Waals surface area contributed by atoms with Crippen molar-refractivity contribution in [2.45, 2.75) is 39.3 Å². The average molecular weight is 317 g/mol. The number of nitrogens with zero attached hydrogens (tertiary/aromatic N) is 1. The Labute approximate surface area is 133 Å². The van der Waals surface area contributed by atoms with E-state index in [-0.39, 0.29) is 0 Å². The van der Waals surface area contributed by atoms with Gasteiger partial charge in [-0.25, -0.2) is 4.79 Å². The number of hydrogen-bond donors (Lipinski definition) is 1. The van der Waals surface area contributed by atoms with Crippen LogP contribution in [0.5, 0.6) is 0 Å². The van der Waals surface area contributed by atoms with Gasteiger partial charge < -0.3 is 14.4 Å². The highest BCUT2D eigenvalue weighted by Crippen LogP contribution is 2.23. The monoisotopic (exact) mass is 317 g/mol. The van der Waals surface area contributed by atoms with Gasteiger partial charge in [-0.05, 0) is 30.0 Å². The van der Waals surface area contributed by atoms with E-state index in [0.717, 1.165) is 34.6 Å².